The van der Waals surface area contributed by atoms with E-state index in [1.54, 1.807) is 9.80 Å². The van der Waals surface area contributed by atoms with Gasteiger partial charge >= 0.3 is 0 Å². The third-order valence-corrected chi connectivity index (χ3v) is 7.81. The lowest BCUT2D eigenvalue weighted by molar-refractivity contribution is -0.137. The molecule has 222 valence electrons. The zero-order valence-electron chi connectivity index (χ0n) is 25.3. The van der Waals surface area contributed by atoms with E-state index in [0.717, 1.165) is 25.7 Å². The topological polar surface area (TPSA) is 119 Å². The molecule has 0 aromatic heterocycles. The van der Waals surface area contributed by atoms with E-state index in [-0.39, 0.29) is 16.7 Å². The highest BCUT2D eigenvalue weighted by Crippen LogP contribution is 2.35. The molecule has 1 aliphatic heterocycles. The van der Waals surface area contributed by atoms with Gasteiger partial charge in [-0.1, -0.05) is 66.5 Å². The Hall–Kier alpha value is -2.94. The molecule has 0 bridgehead atoms. The minimum atomic E-state index is -1.45. The molecule has 0 saturated heterocycles. The average molecular weight is 557 g/mol. The van der Waals surface area contributed by atoms with Gasteiger partial charge in [-0.2, -0.15) is 0 Å². The molecule has 4 amide bonds. The van der Waals surface area contributed by atoms with E-state index in [2.05, 4.69) is 52.2 Å². The summed E-state index contributed by atoms with van der Waals surface area (Å²) in [4.78, 5) is 57.1. The number of nitrogens with one attached hydrogen (secondary N) is 2. The van der Waals surface area contributed by atoms with Crippen LogP contribution in [0, 0.1) is 16.7 Å². The quantitative estimate of drug-likeness (QED) is 0.400. The Bertz CT molecular complexity index is 1030. The fourth-order valence-corrected chi connectivity index (χ4v) is 5.17. The highest BCUT2D eigenvalue weighted by atomic mass is 16.3. The Kier molecular flexibility index (Phi) is 10.0. The summed E-state index contributed by atoms with van der Waals surface area (Å²) >= 11 is 0. The van der Waals surface area contributed by atoms with Crippen LogP contribution in [0.1, 0.15) is 87.0 Å². The van der Waals surface area contributed by atoms with Crippen LogP contribution in [0.2, 0.25) is 0 Å². The highest BCUT2D eigenvalue weighted by molar-refractivity contribution is 6.21. The molecule has 2 atom stereocenters. The summed E-state index contributed by atoms with van der Waals surface area (Å²) < 4.78 is 0. The highest BCUT2D eigenvalue weighted by Gasteiger charge is 2.42. The standard InChI is InChI=1S/C31H48N4O5/c1-20(32-27(38)25(36)21-12-8-9-13-21)26(37)33-24-28(39)34(18-16-30(2,3)4)22-14-10-11-15-23(22)35(29(24)40)19-17-31(5,6)7/h10-11,14-15,20-21,24-25,36H,8-9,12-13,16-19H2,1-7H3,(H,32,38)(H,33,37)/t20-,25?/m0/s1. The summed E-state index contributed by atoms with van der Waals surface area (Å²) in [6.07, 6.45) is 3.68. The van der Waals surface area contributed by atoms with Gasteiger partial charge in [0.2, 0.25) is 11.8 Å². The van der Waals surface area contributed by atoms with Crippen molar-refractivity contribution in [3.63, 3.8) is 0 Å². The van der Waals surface area contributed by atoms with Crippen LogP contribution >= 0.6 is 0 Å². The van der Waals surface area contributed by atoms with Gasteiger partial charge in [0.05, 0.1) is 11.4 Å². The zero-order valence-corrected chi connectivity index (χ0v) is 25.3. The van der Waals surface area contributed by atoms with Crippen LogP contribution in [-0.2, 0) is 19.2 Å². The van der Waals surface area contributed by atoms with Crippen molar-refractivity contribution in [3.8, 4) is 0 Å². The minimum absolute atomic E-state index is 0.0604. The van der Waals surface area contributed by atoms with Gasteiger partial charge in [0.15, 0.2) is 6.04 Å². The van der Waals surface area contributed by atoms with Crippen molar-refractivity contribution in [3.05, 3.63) is 24.3 Å². The smallest absolute Gasteiger partial charge is 0.259 e. The number of nitrogens with zero attached hydrogens (tertiary/aromatic N) is 2. The van der Waals surface area contributed by atoms with Crippen LogP contribution in [0.3, 0.4) is 0 Å². The Morgan fingerprint density at radius 2 is 1.32 bits per heavy atom. The van der Waals surface area contributed by atoms with E-state index in [9.17, 15) is 24.3 Å². The molecule has 3 rings (SSSR count). The van der Waals surface area contributed by atoms with E-state index in [1.807, 2.05) is 24.3 Å². The average Bonchev–Trinajstić information content (AvgIpc) is 3.38. The number of amides is 4. The summed E-state index contributed by atoms with van der Waals surface area (Å²) in [5.41, 5.74) is 1.15. The molecular formula is C31H48N4O5. The van der Waals surface area contributed by atoms with E-state index in [1.165, 1.54) is 6.92 Å². The number of aliphatic hydroxyl groups is 1. The first-order valence-electron chi connectivity index (χ1n) is 14.6. The maximum absolute atomic E-state index is 14.0. The van der Waals surface area contributed by atoms with Gasteiger partial charge in [0.1, 0.15) is 12.1 Å². The summed E-state index contributed by atoms with van der Waals surface area (Å²) in [6, 6.07) is 4.87. The maximum Gasteiger partial charge on any atom is 0.259 e. The molecule has 1 saturated carbocycles. The van der Waals surface area contributed by atoms with Crippen LogP contribution in [0.4, 0.5) is 11.4 Å². The van der Waals surface area contributed by atoms with Gasteiger partial charge in [-0.3, -0.25) is 19.2 Å². The van der Waals surface area contributed by atoms with Crippen molar-refractivity contribution in [1.82, 2.24) is 10.6 Å². The van der Waals surface area contributed by atoms with Crippen LogP contribution in [0.5, 0.6) is 0 Å². The number of carbonyl (C=O) groups is 4. The van der Waals surface area contributed by atoms with Gasteiger partial charge in [-0.25, -0.2) is 0 Å². The number of aliphatic hydroxyl groups excluding tert-OH is 1. The third-order valence-electron chi connectivity index (χ3n) is 7.81. The lowest BCUT2D eigenvalue weighted by Crippen LogP contribution is -2.59. The number of carbonyl (C=O) groups excluding carboxylic acids is 4. The number of anilines is 2. The fourth-order valence-electron chi connectivity index (χ4n) is 5.17. The van der Waals surface area contributed by atoms with Crippen molar-refractivity contribution >= 4 is 35.0 Å². The van der Waals surface area contributed by atoms with Crippen LogP contribution in [0.25, 0.3) is 0 Å². The summed E-state index contributed by atoms with van der Waals surface area (Å²) in [5.74, 6) is -2.39. The van der Waals surface area contributed by atoms with Crippen LogP contribution < -0.4 is 20.4 Å². The minimum Gasteiger partial charge on any atom is -0.383 e. The number of hydrogen-bond acceptors (Lipinski definition) is 5. The van der Waals surface area contributed by atoms with Gasteiger partial charge in [0, 0.05) is 13.1 Å². The fraction of sp³-hybridized carbons (Fsp3) is 0.677. The Morgan fingerprint density at radius 3 is 1.75 bits per heavy atom. The monoisotopic (exact) mass is 556 g/mol. The molecule has 9 heteroatoms. The van der Waals surface area contributed by atoms with Crippen LogP contribution in [0.15, 0.2) is 24.3 Å². The Balaban J connectivity index is 1.88. The first-order valence-corrected chi connectivity index (χ1v) is 14.6. The number of para-hydroxylation sites is 2. The number of fused-ring (bicyclic) bond motifs is 1. The maximum atomic E-state index is 14.0. The molecule has 9 nitrogen and oxygen atoms in total. The normalized spacial score (nSPS) is 18.8. The zero-order chi connectivity index (χ0) is 29.8. The molecule has 1 aliphatic carbocycles. The molecule has 0 spiro atoms. The van der Waals surface area contributed by atoms with Crippen molar-refractivity contribution in [2.24, 2.45) is 16.7 Å². The van der Waals surface area contributed by atoms with Gasteiger partial charge in [0.25, 0.3) is 11.8 Å². The second kappa shape index (κ2) is 12.7. The van der Waals surface area contributed by atoms with Gasteiger partial charge < -0.3 is 25.5 Å². The number of hydrogen-bond donors (Lipinski definition) is 3. The van der Waals surface area contributed by atoms with E-state index >= 15 is 0 Å². The second-order valence-corrected chi connectivity index (χ2v) is 13.8. The van der Waals surface area contributed by atoms with Crippen molar-refractivity contribution in [1.29, 1.82) is 0 Å². The number of benzene rings is 1. The van der Waals surface area contributed by atoms with Gasteiger partial charge in [-0.15, -0.1) is 0 Å². The first-order chi connectivity index (χ1) is 18.6. The molecule has 2 aliphatic rings. The van der Waals surface area contributed by atoms with E-state index in [0.29, 0.717) is 37.3 Å². The third kappa shape index (κ3) is 8.05. The molecule has 0 radical (unpaired) electrons. The van der Waals surface area contributed by atoms with Gasteiger partial charge in [-0.05, 0) is 61.5 Å². The lowest BCUT2D eigenvalue weighted by atomic mass is 9.92. The predicted molar refractivity (Wildman–Crippen MR) is 157 cm³/mol. The Morgan fingerprint density at radius 1 is 0.875 bits per heavy atom. The molecule has 1 fully saturated rings. The summed E-state index contributed by atoms with van der Waals surface area (Å²) in [6.45, 7) is 14.8. The largest absolute Gasteiger partial charge is 0.383 e. The second-order valence-electron chi connectivity index (χ2n) is 13.8. The molecule has 1 aromatic rings. The molecule has 1 unspecified atom stereocenters. The molecule has 40 heavy (non-hydrogen) atoms. The summed E-state index contributed by atoms with van der Waals surface area (Å²) in [5, 5.41) is 15.7. The first kappa shape index (κ1) is 31.6. The predicted octanol–water partition coefficient (Wildman–Crippen LogP) is 3.78. The van der Waals surface area contributed by atoms with Crippen molar-refractivity contribution in [2.45, 2.75) is 105 Å². The van der Waals surface area contributed by atoms with Crippen molar-refractivity contribution < 1.29 is 24.3 Å². The van der Waals surface area contributed by atoms with E-state index < -0.39 is 41.8 Å². The SMILES string of the molecule is C[C@H](NC(=O)C(O)C1CCCC1)C(=O)NC1C(=O)N(CCC(C)(C)C)c2ccccc2N(CCC(C)(C)C)C1=O. The lowest BCUT2D eigenvalue weighted by Gasteiger charge is -2.29. The molecule has 1 heterocycles. The van der Waals surface area contributed by atoms with E-state index in [4.69, 9.17) is 0 Å². The molecular weight excluding hydrogens is 508 g/mol. The molecule has 1 aromatic carbocycles. The van der Waals surface area contributed by atoms with Crippen LogP contribution in [-0.4, -0.2) is 60.0 Å². The molecule has 3 N–H and O–H groups in total. The van der Waals surface area contributed by atoms with Crippen molar-refractivity contribution in [2.75, 3.05) is 22.9 Å². The Labute approximate surface area is 239 Å². The summed E-state index contributed by atoms with van der Waals surface area (Å²) in [7, 11) is 0. The number of rotatable bonds is 9.